The van der Waals surface area contributed by atoms with E-state index in [4.69, 9.17) is 4.74 Å². The lowest BCUT2D eigenvalue weighted by Crippen LogP contribution is -2.46. The van der Waals surface area contributed by atoms with E-state index in [1.807, 2.05) is 35.2 Å². The van der Waals surface area contributed by atoms with Crippen LogP contribution in [0.25, 0.3) is 10.2 Å². The van der Waals surface area contributed by atoms with Crippen molar-refractivity contribution in [3.8, 4) is 5.75 Å². The number of anilines is 1. The Balaban J connectivity index is 1.16. The molecule has 1 fully saturated rings. The van der Waals surface area contributed by atoms with Crippen molar-refractivity contribution in [2.45, 2.75) is 26.1 Å². The Bertz CT molecular complexity index is 1670. The molecule has 1 unspecified atom stereocenters. The number of ketones is 1. The average Bonchev–Trinajstić information content (AvgIpc) is 3.67. The maximum Gasteiger partial charge on any atom is 0.195 e. The van der Waals surface area contributed by atoms with Crippen molar-refractivity contribution < 1.29 is 27.1 Å². The highest BCUT2D eigenvalue weighted by atomic mass is 32.2. The molecule has 2 aliphatic rings. The first-order valence-corrected chi connectivity index (χ1v) is 15.2. The molecule has 1 aromatic heterocycles. The molecule has 0 N–H and O–H groups in total. The van der Waals surface area contributed by atoms with Crippen LogP contribution in [0, 0.1) is 23.3 Å². The van der Waals surface area contributed by atoms with E-state index in [0.29, 0.717) is 53.2 Å². The Kier molecular flexibility index (Phi) is 8.19. The number of thioether (sulfide) groups is 1. The van der Waals surface area contributed by atoms with Crippen LogP contribution in [0.2, 0.25) is 0 Å². The predicted molar refractivity (Wildman–Crippen MR) is 158 cm³/mol. The molecule has 12 heteroatoms. The number of aliphatic imine (C=N–C) groups is 1. The highest BCUT2D eigenvalue weighted by Crippen LogP contribution is 2.33. The summed E-state index contributed by atoms with van der Waals surface area (Å²) in [5, 5.41) is 1.36. The fourth-order valence-electron chi connectivity index (χ4n) is 4.97. The number of Topliss-reactive ketones (excluding diaryl/α,β-unsaturated/α-hetero) is 1. The van der Waals surface area contributed by atoms with Crippen molar-refractivity contribution >= 4 is 49.8 Å². The van der Waals surface area contributed by atoms with Gasteiger partial charge in [-0.2, -0.15) is 0 Å². The Morgan fingerprint density at radius 3 is 2.40 bits per heavy atom. The number of hydrogen-bond donors (Lipinski definition) is 0. The average molecular weight is 615 g/mol. The molecule has 2 aliphatic heterocycles. The first kappa shape index (κ1) is 28.6. The molecule has 0 aliphatic carbocycles. The number of piperazine rings is 1. The molecule has 42 heavy (non-hydrogen) atoms. The number of carbonyl (C=O) groups is 1. The fraction of sp³-hybridized carbons (Fsp3) is 0.300. The second kappa shape index (κ2) is 12.0. The minimum Gasteiger partial charge on any atom is -0.489 e. The zero-order valence-electron chi connectivity index (χ0n) is 22.6. The molecule has 0 amide bonds. The summed E-state index contributed by atoms with van der Waals surface area (Å²) in [5.41, 5.74) is 0.560. The summed E-state index contributed by atoms with van der Waals surface area (Å²) in [7, 11) is 0. The molecule has 6 nitrogen and oxygen atoms in total. The van der Waals surface area contributed by atoms with Crippen molar-refractivity contribution in [2.75, 3.05) is 36.8 Å². The molecule has 6 rings (SSSR count). The summed E-state index contributed by atoms with van der Waals surface area (Å²) in [6, 6.07) is 14.4. The topological polar surface area (TPSA) is 58.0 Å². The lowest BCUT2D eigenvalue weighted by molar-refractivity contribution is -0.117. The number of ether oxygens (including phenoxy) is 1. The summed E-state index contributed by atoms with van der Waals surface area (Å²) < 4.78 is 66.0. The van der Waals surface area contributed by atoms with E-state index < -0.39 is 41.0 Å². The van der Waals surface area contributed by atoms with E-state index in [0.717, 1.165) is 10.4 Å². The van der Waals surface area contributed by atoms with Crippen LogP contribution in [0.3, 0.4) is 0 Å². The number of benzene rings is 3. The van der Waals surface area contributed by atoms with Gasteiger partial charge in [0.1, 0.15) is 34.3 Å². The molecule has 218 valence electrons. The number of rotatable bonds is 8. The first-order valence-electron chi connectivity index (χ1n) is 13.4. The summed E-state index contributed by atoms with van der Waals surface area (Å²) in [6.07, 6.45) is 0. The van der Waals surface area contributed by atoms with Crippen molar-refractivity contribution in [3.05, 3.63) is 87.9 Å². The molecule has 0 radical (unpaired) electrons. The van der Waals surface area contributed by atoms with Gasteiger partial charge < -0.3 is 9.64 Å². The molecule has 0 saturated carbocycles. The van der Waals surface area contributed by atoms with E-state index >= 15 is 4.39 Å². The van der Waals surface area contributed by atoms with Gasteiger partial charge in [-0.25, -0.2) is 22.5 Å². The van der Waals surface area contributed by atoms with Crippen LogP contribution in [-0.4, -0.2) is 58.7 Å². The summed E-state index contributed by atoms with van der Waals surface area (Å²) in [6.45, 7) is 2.99. The van der Waals surface area contributed by atoms with Crippen molar-refractivity contribution in [1.29, 1.82) is 0 Å². The van der Waals surface area contributed by atoms with Crippen molar-refractivity contribution in [3.63, 3.8) is 0 Å². The predicted octanol–water partition coefficient (Wildman–Crippen LogP) is 6.20. The summed E-state index contributed by atoms with van der Waals surface area (Å²) in [5.74, 6) is -5.10. The first-order chi connectivity index (χ1) is 20.3. The standard InChI is InChI=1S/C30H26F4N4O2S2/c1-17(39)23-16-41-29(36-23)30-35-22-8-7-19(13-24(22)42-30)40-15-21-25(31)20(26(32)28(34)27(21)33)14-37-9-11-38(12-10-37)18-5-3-2-4-6-18/h2-8,13,23H,9-12,14-16H2,1H3. The number of halogens is 4. The van der Waals surface area contributed by atoms with Gasteiger partial charge in [0.05, 0.1) is 15.8 Å². The van der Waals surface area contributed by atoms with E-state index in [2.05, 4.69) is 14.9 Å². The van der Waals surface area contributed by atoms with Gasteiger partial charge in [-0.05, 0) is 37.3 Å². The Morgan fingerprint density at radius 1 is 0.952 bits per heavy atom. The third-order valence-electron chi connectivity index (χ3n) is 7.37. The van der Waals surface area contributed by atoms with Crippen LogP contribution >= 0.6 is 23.1 Å². The maximum absolute atomic E-state index is 15.5. The van der Waals surface area contributed by atoms with Gasteiger partial charge in [0.2, 0.25) is 0 Å². The third kappa shape index (κ3) is 5.75. The molecule has 4 aromatic rings. The van der Waals surface area contributed by atoms with Gasteiger partial charge in [0.15, 0.2) is 23.2 Å². The molecular weight excluding hydrogens is 588 g/mol. The molecular formula is C30H26F4N4O2S2. The van der Waals surface area contributed by atoms with Gasteiger partial charge in [-0.3, -0.25) is 14.7 Å². The lowest BCUT2D eigenvalue weighted by atomic mass is 10.1. The second-order valence-corrected chi connectivity index (χ2v) is 12.2. The van der Waals surface area contributed by atoms with Gasteiger partial charge in [0, 0.05) is 49.7 Å². The number of fused-ring (bicyclic) bond motifs is 1. The highest BCUT2D eigenvalue weighted by molar-refractivity contribution is 8.15. The molecule has 3 aromatic carbocycles. The SMILES string of the molecule is CC(=O)C1CSC(c2nc3ccc(OCc4c(F)c(F)c(F)c(CN5CCN(c6ccccc6)CC5)c4F)cc3s2)=N1. The van der Waals surface area contributed by atoms with Gasteiger partial charge in [-0.1, -0.05) is 18.2 Å². The molecule has 1 saturated heterocycles. The van der Waals surface area contributed by atoms with Crippen LogP contribution in [0.4, 0.5) is 23.2 Å². The van der Waals surface area contributed by atoms with E-state index in [9.17, 15) is 18.0 Å². The van der Waals surface area contributed by atoms with Gasteiger partial charge >= 0.3 is 0 Å². The van der Waals surface area contributed by atoms with Crippen LogP contribution in [0.1, 0.15) is 23.1 Å². The Morgan fingerprint density at radius 2 is 1.69 bits per heavy atom. The van der Waals surface area contributed by atoms with Crippen LogP contribution in [0.5, 0.6) is 5.75 Å². The largest absolute Gasteiger partial charge is 0.489 e. The van der Waals surface area contributed by atoms with Crippen LogP contribution < -0.4 is 9.64 Å². The van der Waals surface area contributed by atoms with E-state index in [-0.39, 0.29) is 18.4 Å². The quantitative estimate of drug-likeness (QED) is 0.134. The zero-order valence-corrected chi connectivity index (χ0v) is 24.2. The van der Waals surface area contributed by atoms with Crippen LogP contribution in [0.15, 0.2) is 53.5 Å². The Hall–Kier alpha value is -3.48. The number of para-hydroxylation sites is 1. The molecule has 0 bridgehead atoms. The monoisotopic (exact) mass is 614 g/mol. The minimum absolute atomic E-state index is 0.000203. The summed E-state index contributed by atoms with van der Waals surface area (Å²) >= 11 is 2.82. The lowest BCUT2D eigenvalue weighted by Gasteiger charge is -2.36. The highest BCUT2D eigenvalue weighted by Gasteiger charge is 2.28. The normalized spacial score (nSPS) is 17.6. The molecule has 1 atom stereocenters. The number of carbonyl (C=O) groups excluding carboxylic acids is 1. The number of thiazole rings is 1. The van der Waals surface area contributed by atoms with E-state index in [1.54, 1.807) is 18.2 Å². The minimum atomic E-state index is -1.71. The molecule has 0 spiro atoms. The van der Waals surface area contributed by atoms with Gasteiger partial charge in [0.25, 0.3) is 0 Å². The summed E-state index contributed by atoms with van der Waals surface area (Å²) in [4.78, 5) is 24.6. The number of nitrogens with zero attached hydrogens (tertiary/aromatic N) is 4. The fourth-order valence-corrected chi connectivity index (χ4v) is 7.15. The Labute approximate surface area is 248 Å². The van der Waals surface area contributed by atoms with Crippen molar-refractivity contribution in [1.82, 2.24) is 9.88 Å². The second-order valence-electron chi connectivity index (χ2n) is 10.1. The van der Waals surface area contributed by atoms with E-state index in [1.165, 1.54) is 30.0 Å². The van der Waals surface area contributed by atoms with Crippen molar-refractivity contribution in [2.24, 2.45) is 4.99 Å². The third-order valence-corrected chi connectivity index (χ3v) is 9.58. The maximum atomic E-state index is 15.5. The number of aromatic nitrogens is 1. The van der Waals surface area contributed by atoms with Crippen LogP contribution in [-0.2, 0) is 17.9 Å². The smallest absolute Gasteiger partial charge is 0.195 e. The number of hydrogen-bond acceptors (Lipinski definition) is 8. The molecule has 3 heterocycles. The van der Waals surface area contributed by atoms with Gasteiger partial charge in [-0.15, -0.1) is 23.1 Å². The zero-order chi connectivity index (χ0) is 29.4.